The van der Waals surface area contributed by atoms with Crippen molar-refractivity contribution in [3.8, 4) is 6.07 Å². The van der Waals surface area contributed by atoms with Crippen LogP contribution in [-0.2, 0) is 0 Å². The van der Waals surface area contributed by atoms with Gasteiger partial charge in [-0.05, 0) is 6.07 Å². The summed E-state index contributed by atoms with van der Waals surface area (Å²) in [7, 11) is 3.34. The smallest absolute Gasteiger partial charge is 0.255 e. The van der Waals surface area contributed by atoms with Gasteiger partial charge in [0.15, 0.2) is 0 Å². The lowest BCUT2D eigenvalue weighted by Crippen LogP contribution is -2.27. The highest BCUT2D eigenvalue weighted by molar-refractivity contribution is 6.33. The van der Waals surface area contributed by atoms with Gasteiger partial charge in [-0.25, -0.2) is 4.98 Å². The van der Waals surface area contributed by atoms with Crippen molar-refractivity contribution in [1.29, 1.82) is 5.26 Å². The molecule has 0 fully saturated rings. The molecule has 1 heterocycles. The molecule has 6 heteroatoms. The molecule has 0 aromatic carbocycles. The van der Waals surface area contributed by atoms with Crippen LogP contribution in [0.25, 0.3) is 0 Å². The topological polar surface area (TPSA) is 69.0 Å². The largest absolute Gasteiger partial charge is 0.372 e. The summed E-state index contributed by atoms with van der Waals surface area (Å²) in [6, 6.07) is 3.55. The minimum absolute atomic E-state index is 0.197. The predicted molar refractivity (Wildman–Crippen MR) is 66.0 cm³/mol. The van der Waals surface area contributed by atoms with Crippen molar-refractivity contribution < 1.29 is 4.79 Å². The number of nitrogens with zero attached hydrogens (tertiary/aromatic N) is 3. The number of halogens is 1. The van der Waals surface area contributed by atoms with Crippen LogP contribution >= 0.6 is 11.6 Å². The van der Waals surface area contributed by atoms with E-state index in [0.29, 0.717) is 29.4 Å². The van der Waals surface area contributed by atoms with Crippen molar-refractivity contribution in [3.05, 3.63) is 22.8 Å². The zero-order chi connectivity index (χ0) is 12.8. The molecule has 0 aliphatic heterocycles. The first kappa shape index (κ1) is 13.3. The van der Waals surface area contributed by atoms with Gasteiger partial charge in [-0.1, -0.05) is 11.6 Å². The summed E-state index contributed by atoms with van der Waals surface area (Å²) in [6.45, 7) is 0.390. The van der Waals surface area contributed by atoms with Crippen LogP contribution in [0.3, 0.4) is 0 Å². The summed E-state index contributed by atoms with van der Waals surface area (Å²) in [4.78, 5) is 17.4. The molecular weight excluding hydrogens is 240 g/mol. The Balaban J connectivity index is 2.83. The molecule has 5 nitrogen and oxygen atoms in total. The van der Waals surface area contributed by atoms with Gasteiger partial charge in [0.05, 0.1) is 23.1 Å². The van der Waals surface area contributed by atoms with Gasteiger partial charge in [0.25, 0.3) is 5.91 Å². The average Bonchev–Trinajstić information content (AvgIpc) is 2.34. The lowest BCUT2D eigenvalue weighted by atomic mass is 10.2. The summed E-state index contributed by atoms with van der Waals surface area (Å²) in [5, 5.41) is 11.7. The van der Waals surface area contributed by atoms with Crippen LogP contribution in [0, 0.1) is 11.3 Å². The summed E-state index contributed by atoms with van der Waals surface area (Å²) < 4.78 is 0. The molecule has 17 heavy (non-hydrogen) atoms. The maximum Gasteiger partial charge on any atom is 0.255 e. The maximum absolute atomic E-state index is 11.9. The van der Waals surface area contributed by atoms with Crippen LogP contribution in [-0.4, -0.2) is 36.4 Å². The fraction of sp³-hybridized carbons (Fsp3) is 0.364. The Morgan fingerprint density at radius 2 is 2.41 bits per heavy atom. The number of hydrogen-bond donors (Lipinski definition) is 1. The lowest BCUT2D eigenvalue weighted by Gasteiger charge is -2.15. The van der Waals surface area contributed by atoms with E-state index in [1.165, 1.54) is 11.1 Å². The SMILES string of the molecule is CNc1ncc(C(=O)N(C)CCC#N)cc1Cl. The second-order valence-electron chi connectivity index (χ2n) is 3.44. The van der Waals surface area contributed by atoms with E-state index in [4.69, 9.17) is 16.9 Å². The monoisotopic (exact) mass is 252 g/mol. The number of carbonyl (C=O) groups excluding carboxylic acids is 1. The van der Waals surface area contributed by atoms with Crippen LogP contribution in [0.4, 0.5) is 5.82 Å². The van der Waals surface area contributed by atoms with Gasteiger partial charge >= 0.3 is 0 Å². The molecule has 1 aromatic rings. The zero-order valence-corrected chi connectivity index (χ0v) is 10.5. The molecule has 1 N–H and O–H groups in total. The molecule has 1 amide bonds. The van der Waals surface area contributed by atoms with Gasteiger partial charge in [0, 0.05) is 26.8 Å². The van der Waals surface area contributed by atoms with Gasteiger partial charge in [-0.15, -0.1) is 0 Å². The number of rotatable bonds is 4. The van der Waals surface area contributed by atoms with Crippen molar-refractivity contribution in [2.75, 3.05) is 26.0 Å². The molecule has 0 bridgehead atoms. The molecular formula is C11H13ClN4O. The van der Waals surface area contributed by atoms with E-state index >= 15 is 0 Å². The number of pyridine rings is 1. The Bertz CT molecular complexity index is 455. The highest BCUT2D eigenvalue weighted by atomic mass is 35.5. The van der Waals surface area contributed by atoms with Crippen LogP contribution < -0.4 is 5.32 Å². The van der Waals surface area contributed by atoms with Crippen molar-refractivity contribution in [1.82, 2.24) is 9.88 Å². The average molecular weight is 253 g/mol. The molecule has 0 spiro atoms. The Morgan fingerprint density at radius 1 is 1.71 bits per heavy atom. The molecule has 1 aromatic heterocycles. The van der Waals surface area contributed by atoms with Crippen LogP contribution in [0.5, 0.6) is 0 Å². The van der Waals surface area contributed by atoms with E-state index in [2.05, 4.69) is 10.3 Å². The Kier molecular flexibility index (Phi) is 4.73. The van der Waals surface area contributed by atoms with Crippen LogP contribution in [0.15, 0.2) is 12.3 Å². The molecule has 0 aliphatic carbocycles. The van der Waals surface area contributed by atoms with Gasteiger partial charge < -0.3 is 10.2 Å². The number of nitriles is 1. The molecule has 90 valence electrons. The lowest BCUT2D eigenvalue weighted by molar-refractivity contribution is 0.0797. The first-order valence-electron chi connectivity index (χ1n) is 5.06. The standard InChI is InChI=1S/C11H13ClN4O/c1-14-10-9(12)6-8(7-15-10)11(17)16(2)5-3-4-13/h6-7H,3,5H2,1-2H3,(H,14,15). The summed E-state index contributed by atoms with van der Waals surface area (Å²) >= 11 is 5.93. The quantitative estimate of drug-likeness (QED) is 0.887. The summed E-state index contributed by atoms with van der Waals surface area (Å²) in [5.74, 6) is 0.334. The van der Waals surface area contributed by atoms with Crippen molar-refractivity contribution in [2.45, 2.75) is 6.42 Å². The third-order valence-corrected chi connectivity index (χ3v) is 2.52. The van der Waals surface area contributed by atoms with Gasteiger partial charge in [0.2, 0.25) is 0 Å². The molecule has 0 atom stereocenters. The number of anilines is 1. The van der Waals surface area contributed by atoms with E-state index in [-0.39, 0.29) is 5.91 Å². The van der Waals surface area contributed by atoms with E-state index in [9.17, 15) is 4.79 Å². The maximum atomic E-state index is 11.9. The Labute approximate surface area is 105 Å². The minimum Gasteiger partial charge on any atom is -0.372 e. The van der Waals surface area contributed by atoms with E-state index in [1.807, 2.05) is 6.07 Å². The fourth-order valence-corrected chi connectivity index (χ4v) is 1.54. The highest BCUT2D eigenvalue weighted by Gasteiger charge is 2.13. The second kappa shape index (κ2) is 6.06. The number of nitrogens with one attached hydrogen (secondary N) is 1. The highest BCUT2D eigenvalue weighted by Crippen LogP contribution is 2.20. The third kappa shape index (κ3) is 3.33. The van der Waals surface area contributed by atoms with Crippen LogP contribution in [0.2, 0.25) is 5.02 Å². The summed E-state index contributed by atoms with van der Waals surface area (Å²) in [6.07, 6.45) is 1.76. The first-order valence-corrected chi connectivity index (χ1v) is 5.43. The van der Waals surface area contributed by atoms with E-state index in [0.717, 1.165) is 0 Å². The van der Waals surface area contributed by atoms with Crippen molar-refractivity contribution in [3.63, 3.8) is 0 Å². The van der Waals surface area contributed by atoms with Crippen molar-refractivity contribution >= 4 is 23.3 Å². The third-order valence-electron chi connectivity index (χ3n) is 2.23. The Hall–Kier alpha value is -1.80. The van der Waals surface area contributed by atoms with Crippen LogP contribution in [0.1, 0.15) is 16.8 Å². The molecule has 0 radical (unpaired) electrons. The second-order valence-corrected chi connectivity index (χ2v) is 3.85. The minimum atomic E-state index is -0.197. The molecule has 0 saturated heterocycles. The Morgan fingerprint density at radius 3 is 2.94 bits per heavy atom. The predicted octanol–water partition coefficient (Wildman–Crippen LogP) is 1.76. The van der Waals surface area contributed by atoms with E-state index < -0.39 is 0 Å². The number of aromatic nitrogens is 1. The number of amides is 1. The molecule has 1 rings (SSSR count). The van der Waals surface area contributed by atoms with Gasteiger partial charge in [-0.2, -0.15) is 5.26 Å². The molecule has 0 unspecified atom stereocenters. The van der Waals surface area contributed by atoms with Gasteiger partial charge in [-0.3, -0.25) is 4.79 Å². The fourth-order valence-electron chi connectivity index (χ4n) is 1.28. The molecule has 0 aliphatic rings. The normalized spacial score (nSPS) is 9.53. The number of hydrogen-bond acceptors (Lipinski definition) is 4. The van der Waals surface area contributed by atoms with Gasteiger partial charge in [0.1, 0.15) is 5.82 Å². The molecule has 0 saturated carbocycles. The zero-order valence-electron chi connectivity index (χ0n) is 9.70. The summed E-state index contributed by atoms with van der Waals surface area (Å²) in [5.41, 5.74) is 0.412. The first-order chi connectivity index (χ1) is 8.10. The number of carbonyl (C=O) groups is 1. The van der Waals surface area contributed by atoms with Crippen molar-refractivity contribution in [2.24, 2.45) is 0 Å². The van der Waals surface area contributed by atoms with E-state index in [1.54, 1.807) is 20.2 Å².